The maximum Gasteiger partial charge on any atom is 0.419 e. The molecule has 1 saturated carbocycles. The molecule has 0 amide bonds. The van der Waals surface area contributed by atoms with Gasteiger partial charge in [-0.15, -0.1) is 0 Å². The van der Waals surface area contributed by atoms with Crippen LogP contribution in [0.4, 0.5) is 17.6 Å². The number of nitrogens with two attached hydrogens (primary N) is 1. The Morgan fingerprint density at radius 3 is 2.35 bits per heavy atom. The Labute approximate surface area is 114 Å². The van der Waals surface area contributed by atoms with Gasteiger partial charge in [0.25, 0.3) is 0 Å². The highest BCUT2D eigenvalue weighted by atomic mass is 19.4. The monoisotopic (exact) mass is 289 g/mol. The molecule has 6 heteroatoms. The number of halogens is 4. The molecule has 1 aliphatic rings. The van der Waals surface area contributed by atoms with Crippen molar-refractivity contribution in [1.29, 1.82) is 0 Å². The van der Waals surface area contributed by atoms with Crippen molar-refractivity contribution >= 4 is 5.78 Å². The second-order valence-electron chi connectivity index (χ2n) is 5.21. The van der Waals surface area contributed by atoms with Gasteiger partial charge in [0.05, 0.1) is 5.56 Å². The molecule has 0 bridgehead atoms. The van der Waals surface area contributed by atoms with Crippen LogP contribution in [0.5, 0.6) is 0 Å². The first-order valence-corrected chi connectivity index (χ1v) is 6.42. The molecule has 0 unspecified atom stereocenters. The van der Waals surface area contributed by atoms with Gasteiger partial charge in [0.1, 0.15) is 5.82 Å². The maximum absolute atomic E-state index is 13.2. The van der Waals surface area contributed by atoms with E-state index in [4.69, 9.17) is 5.73 Å². The van der Waals surface area contributed by atoms with E-state index >= 15 is 0 Å². The molecule has 0 aliphatic heterocycles. The lowest BCUT2D eigenvalue weighted by atomic mass is 9.78. The van der Waals surface area contributed by atoms with Crippen LogP contribution in [-0.4, -0.2) is 12.3 Å². The summed E-state index contributed by atoms with van der Waals surface area (Å²) in [4.78, 5) is 12.4. The third kappa shape index (κ3) is 2.57. The molecule has 0 atom stereocenters. The lowest BCUT2D eigenvalue weighted by Crippen LogP contribution is -2.36. The molecular weight excluding hydrogens is 274 g/mol. The fourth-order valence-corrected chi connectivity index (χ4v) is 2.77. The molecule has 2 N–H and O–H groups in total. The van der Waals surface area contributed by atoms with Gasteiger partial charge in [-0.05, 0) is 31.0 Å². The summed E-state index contributed by atoms with van der Waals surface area (Å²) in [5, 5.41) is 0. The normalized spacial score (nSPS) is 18.2. The highest BCUT2D eigenvalue weighted by Crippen LogP contribution is 2.41. The number of carbonyl (C=O) groups is 1. The van der Waals surface area contributed by atoms with Crippen LogP contribution in [0.1, 0.15) is 41.6 Å². The average Bonchev–Trinajstić information content (AvgIpc) is 2.87. The summed E-state index contributed by atoms with van der Waals surface area (Å²) in [6.45, 7) is 0.102. The molecule has 0 spiro atoms. The largest absolute Gasteiger partial charge is 0.419 e. The first-order chi connectivity index (χ1) is 9.30. The van der Waals surface area contributed by atoms with E-state index in [1.165, 1.54) is 0 Å². The summed E-state index contributed by atoms with van der Waals surface area (Å²) < 4.78 is 51.2. The molecule has 1 aromatic carbocycles. The predicted octanol–water partition coefficient (Wildman–Crippen LogP) is 3.55. The lowest BCUT2D eigenvalue weighted by molar-refractivity contribution is -0.140. The van der Waals surface area contributed by atoms with Crippen molar-refractivity contribution in [2.75, 3.05) is 6.54 Å². The zero-order valence-electron chi connectivity index (χ0n) is 10.8. The van der Waals surface area contributed by atoms with E-state index in [9.17, 15) is 22.4 Å². The summed E-state index contributed by atoms with van der Waals surface area (Å²) in [7, 11) is 0. The summed E-state index contributed by atoms with van der Waals surface area (Å²) in [6, 6.07) is 2.38. The summed E-state index contributed by atoms with van der Waals surface area (Å²) in [5.41, 5.74) is 3.32. The van der Waals surface area contributed by atoms with Gasteiger partial charge in [0.15, 0.2) is 5.78 Å². The zero-order valence-corrected chi connectivity index (χ0v) is 10.8. The Balaban J connectivity index is 2.41. The number of carbonyl (C=O) groups excluding carboxylic acids is 1. The van der Waals surface area contributed by atoms with Crippen LogP contribution in [-0.2, 0) is 6.18 Å². The third-order valence-electron chi connectivity index (χ3n) is 3.97. The van der Waals surface area contributed by atoms with Crippen LogP contribution in [0.2, 0.25) is 0 Å². The average molecular weight is 289 g/mol. The Morgan fingerprint density at radius 2 is 1.85 bits per heavy atom. The van der Waals surface area contributed by atoms with Crippen LogP contribution in [0.15, 0.2) is 18.2 Å². The minimum atomic E-state index is -4.81. The number of Topliss-reactive ketones (excluding diaryl/α,β-unsaturated/α-hetero) is 1. The minimum absolute atomic E-state index is 0.102. The Morgan fingerprint density at radius 1 is 1.25 bits per heavy atom. The van der Waals surface area contributed by atoms with E-state index in [1.54, 1.807) is 0 Å². The number of rotatable bonds is 3. The van der Waals surface area contributed by atoms with Crippen molar-refractivity contribution in [2.24, 2.45) is 11.1 Å². The zero-order chi connectivity index (χ0) is 15.0. The van der Waals surface area contributed by atoms with Crippen LogP contribution in [0.3, 0.4) is 0 Å². The number of benzene rings is 1. The highest BCUT2D eigenvalue weighted by Gasteiger charge is 2.41. The number of alkyl halides is 3. The van der Waals surface area contributed by atoms with E-state index in [2.05, 4.69) is 0 Å². The van der Waals surface area contributed by atoms with Crippen molar-refractivity contribution in [3.8, 4) is 0 Å². The molecule has 1 aromatic rings. The Kier molecular flexibility index (Phi) is 3.86. The SMILES string of the molecule is NCC1(C(=O)c2ccc(F)c(C(F)(F)F)c2)CCCC1. The fraction of sp³-hybridized carbons (Fsp3) is 0.500. The minimum Gasteiger partial charge on any atom is -0.329 e. The van der Waals surface area contributed by atoms with Crippen LogP contribution in [0.25, 0.3) is 0 Å². The van der Waals surface area contributed by atoms with Crippen molar-refractivity contribution in [3.63, 3.8) is 0 Å². The molecule has 1 aliphatic carbocycles. The first kappa shape index (κ1) is 15.0. The standard InChI is InChI=1S/C14H15F4NO/c15-11-4-3-9(7-10(11)14(16,17)18)12(20)13(8-19)5-1-2-6-13/h3-4,7H,1-2,5-6,8,19H2. The maximum atomic E-state index is 13.2. The molecule has 2 rings (SSSR count). The van der Waals surface area contributed by atoms with E-state index < -0.39 is 28.8 Å². The van der Waals surface area contributed by atoms with Gasteiger partial charge in [0.2, 0.25) is 0 Å². The fourth-order valence-electron chi connectivity index (χ4n) is 2.77. The smallest absolute Gasteiger partial charge is 0.329 e. The number of hydrogen-bond donors (Lipinski definition) is 1. The van der Waals surface area contributed by atoms with Gasteiger partial charge >= 0.3 is 6.18 Å². The quantitative estimate of drug-likeness (QED) is 0.683. The van der Waals surface area contributed by atoms with Crippen LogP contribution >= 0.6 is 0 Å². The molecule has 20 heavy (non-hydrogen) atoms. The van der Waals surface area contributed by atoms with Gasteiger partial charge in [-0.3, -0.25) is 4.79 Å². The third-order valence-corrected chi connectivity index (χ3v) is 3.97. The molecule has 110 valence electrons. The van der Waals surface area contributed by atoms with Gasteiger partial charge in [0, 0.05) is 17.5 Å². The molecule has 0 radical (unpaired) electrons. The molecule has 0 heterocycles. The van der Waals surface area contributed by atoms with Crippen LogP contribution < -0.4 is 5.73 Å². The number of ketones is 1. The Hall–Kier alpha value is -1.43. The van der Waals surface area contributed by atoms with E-state index in [-0.39, 0.29) is 12.1 Å². The number of hydrogen-bond acceptors (Lipinski definition) is 2. The Bertz CT molecular complexity index is 518. The topological polar surface area (TPSA) is 43.1 Å². The molecule has 1 fully saturated rings. The predicted molar refractivity (Wildman–Crippen MR) is 65.7 cm³/mol. The van der Waals surface area contributed by atoms with Crippen molar-refractivity contribution in [2.45, 2.75) is 31.9 Å². The van der Waals surface area contributed by atoms with Gasteiger partial charge in [-0.2, -0.15) is 13.2 Å². The molecule has 2 nitrogen and oxygen atoms in total. The van der Waals surface area contributed by atoms with Gasteiger partial charge in [-0.1, -0.05) is 12.8 Å². The molecule has 0 aromatic heterocycles. The summed E-state index contributed by atoms with van der Waals surface area (Å²) >= 11 is 0. The second-order valence-corrected chi connectivity index (χ2v) is 5.21. The van der Waals surface area contributed by atoms with Gasteiger partial charge < -0.3 is 5.73 Å². The van der Waals surface area contributed by atoms with Crippen molar-refractivity contribution in [3.05, 3.63) is 35.1 Å². The van der Waals surface area contributed by atoms with E-state index in [0.29, 0.717) is 25.0 Å². The van der Waals surface area contributed by atoms with Gasteiger partial charge in [-0.25, -0.2) is 4.39 Å². The van der Waals surface area contributed by atoms with E-state index in [0.717, 1.165) is 18.9 Å². The second kappa shape index (κ2) is 5.16. The lowest BCUT2D eigenvalue weighted by Gasteiger charge is -2.25. The molecular formula is C14H15F4NO. The molecule has 0 saturated heterocycles. The van der Waals surface area contributed by atoms with E-state index in [1.807, 2.05) is 0 Å². The van der Waals surface area contributed by atoms with Crippen molar-refractivity contribution < 1.29 is 22.4 Å². The first-order valence-electron chi connectivity index (χ1n) is 6.42. The highest BCUT2D eigenvalue weighted by molar-refractivity contribution is 6.01. The van der Waals surface area contributed by atoms with Crippen LogP contribution in [0, 0.1) is 11.2 Å². The van der Waals surface area contributed by atoms with Crippen molar-refractivity contribution in [1.82, 2.24) is 0 Å². The summed E-state index contributed by atoms with van der Waals surface area (Å²) in [6.07, 6.45) is -2.01. The summed E-state index contributed by atoms with van der Waals surface area (Å²) in [5.74, 6) is -1.79.